The first kappa shape index (κ1) is 26.1. The molecule has 0 saturated carbocycles. The SMILES string of the molecule is CCCC[C@@H](C)C[C@H](O)/C=C/[C@@H]1C(SCCCCCC(=O)OC)=C(OC)C[C@H]1O. The van der Waals surface area contributed by atoms with E-state index in [1.165, 1.54) is 20.0 Å². The smallest absolute Gasteiger partial charge is 0.305 e. The Balaban J connectivity index is 2.52. The van der Waals surface area contributed by atoms with Gasteiger partial charge in [-0.25, -0.2) is 0 Å². The first-order valence-electron chi connectivity index (χ1n) is 10.9. The van der Waals surface area contributed by atoms with E-state index in [2.05, 4.69) is 18.6 Å². The Morgan fingerprint density at radius 1 is 1.28 bits per heavy atom. The average Bonchev–Trinajstić information content (AvgIpc) is 3.01. The van der Waals surface area contributed by atoms with Gasteiger partial charge in [0.25, 0.3) is 0 Å². The van der Waals surface area contributed by atoms with Crippen LogP contribution in [0.1, 0.15) is 71.6 Å². The van der Waals surface area contributed by atoms with Gasteiger partial charge in [0.2, 0.25) is 0 Å². The second-order valence-electron chi connectivity index (χ2n) is 7.96. The van der Waals surface area contributed by atoms with Crippen LogP contribution in [-0.4, -0.2) is 48.4 Å². The van der Waals surface area contributed by atoms with Crippen LogP contribution in [-0.2, 0) is 14.3 Å². The summed E-state index contributed by atoms with van der Waals surface area (Å²) in [6.45, 7) is 4.37. The molecule has 0 amide bonds. The summed E-state index contributed by atoms with van der Waals surface area (Å²) in [7, 11) is 3.06. The van der Waals surface area contributed by atoms with Crippen LogP contribution in [0.5, 0.6) is 0 Å². The predicted molar refractivity (Wildman–Crippen MR) is 120 cm³/mol. The minimum absolute atomic E-state index is 0.120. The molecule has 4 atom stereocenters. The van der Waals surface area contributed by atoms with Crippen molar-refractivity contribution >= 4 is 17.7 Å². The number of aliphatic hydroxyl groups is 2. The molecule has 0 saturated heterocycles. The van der Waals surface area contributed by atoms with Crippen molar-refractivity contribution in [2.45, 2.75) is 83.8 Å². The fourth-order valence-electron chi connectivity index (χ4n) is 3.60. The number of methoxy groups -OCH3 is 2. The summed E-state index contributed by atoms with van der Waals surface area (Å²) in [4.78, 5) is 12.2. The van der Waals surface area contributed by atoms with Crippen LogP contribution in [0.15, 0.2) is 22.8 Å². The zero-order valence-corrected chi connectivity index (χ0v) is 19.4. The monoisotopic (exact) mass is 428 g/mol. The van der Waals surface area contributed by atoms with Gasteiger partial charge in [-0.1, -0.05) is 51.7 Å². The minimum atomic E-state index is -0.507. The molecular weight excluding hydrogens is 388 g/mol. The molecule has 1 rings (SSSR count). The van der Waals surface area contributed by atoms with E-state index in [0.717, 1.165) is 48.5 Å². The van der Waals surface area contributed by atoms with Crippen molar-refractivity contribution in [3.8, 4) is 0 Å². The lowest BCUT2D eigenvalue weighted by molar-refractivity contribution is -0.140. The third-order valence-corrected chi connectivity index (χ3v) is 6.68. The number of rotatable bonds is 15. The average molecular weight is 429 g/mol. The van der Waals surface area contributed by atoms with E-state index in [9.17, 15) is 15.0 Å². The summed E-state index contributed by atoms with van der Waals surface area (Å²) in [5.74, 6) is 1.97. The van der Waals surface area contributed by atoms with E-state index in [4.69, 9.17) is 4.74 Å². The number of esters is 1. The molecule has 0 aromatic heterocycles. The van der Waals surface area contributed by atoms with Crippen molar-refractivity contribution in [3.63, 3.8) is 0 Å². The molecule has 0 radical (unpaired) electrons. The van der Waals surface area contributed by atoms with E-state index < -0.39 is 12.2 Å². The highest BCUT2D eigenvalue weighted by Gasteiger charge is 2.33. The Morgan fingerprint density at radius 2 is 2.03 bits per heavy atom. The third-order valence-electron chi connectivity index (χ3n) is 5.38. The molecule has 0 aromatic carbocycles. The molecule has 29 heavy (non-hydrogen) atoms. The molecule has 1 aliphatic carbocycles. The first-order valence-corrected chi connectivity index (χ1v) is 11.9. The Labute approximate surface area is 180 Å². The summed E-state index contributed by atoms with van der Waals surface area (Å²) in [6.07, 6.45) is 10.8. The van der Waals surface area contributed by atoms with Gasteiger partial charge in [0.1, 0.15) is 5.76 Å². The largest absolute Gasteiger partial charge is 0.500 e. The van der Waals surface area contributed by atoms with Crippen molar-refractivity contribution in [3.05, 3.63) is 22.8 Å². The topological polar surface area (TPSA) is 76.0 Å². The van der Waals surface area contributed by atoms with Crippen LogP contribution in [0.3, 0.4) is 0 Å². The molecule has 0 aliphatic heterocycles. The van der Waals surface area contributed by atoms with Gasteiger partial charge in [0.05, 0.1) is 26.4 Å². The Bertz CT molecular complexity index is 531. The Kier molecular flexibility index (Phi) is 13.4. The van der Waals surface area contributed by atoms with Crippen molar-refractivity contribution < 1.29 is 24.5 Å². The highest BCUT2D eigenvalue weighted by Crippen LogP contribution is 2.41. The maximum absolute atomic E-state index is 11.2. The van der Waals surface area contributed by atoms with E-state index in [1.807, 2.05) is 12.2 Å². The lowest BCUT2D eigenvalue weighted by atomic mass is 9.96. The summed E-state index contributed by atoms with van der Waals surface area (Å²) < 4.78 is 10.2. The number of carbonyl (C=O) groups excluding carboxylic acids is 1. The van der Waals surface area contributed by atoms with Crippen LogP contribution < -0.4 is 0 Å². The van der Waals surface area contributed by atoms with Crippen LogP contribution in [0, 0.1) is 11.8 Å². The lowest BCUT2D eigenvalue weighted by Crippen LogP contribution is -2.15. The molecule has 0 spiro atoms. The van der Waals surface area contributed by atoms with Gasteiger partial charge in [-0.2, -0.15) is 0 Å². The molecule has 1 aliphatic rings. The van der Waals surface area contributed by atoms with Crippen LogP contribution in [0.25, 0.3) is 0 Å². The molecule has 168 valence electrons. The maximum atomic E-state index is 11.2. The van der Waals surface area contributed by atoms with Gasteiger partial charge in [0.15, 0.2) is 0 Å². The molecule has 2 N–H and O–H groups in total. The van der Waals surface area contributed by atoms with E-state index in [1.54, 1.807) is 18.9 Å². The highest BCUT2D eigenvalue weighted by molar-refractivity contribution is 8.03. The van der Waals surface area contributed by atoms with Crippen LogP contribution in [0.2, 0.25) is 0 Å². The first-order chi connectivity index (χ1) is 13.9. The van der Waals surface area contributed by atoms with Gasteiger partial charge >= 0.3 is 5.97 Å². The lowest BCUT2D eigenvalue weighted by Gasteiger charge is -2.17. The summed E-state index contributed by atoms with van der Waals surface area (Å²) >= 11 is 1.72. The highest BCUT2D eigenvalue weighted by atomic mass is 32.2. The second-order valence-corrected chi connectivity index (χ2v) is 9.10. The zero-order chi connectivity index (χ0) is 21.6. The number of hydrogen-bond acceptors (Lipinski definition) is 6. The number of thioether (sulfide) groups is 1. The fraction of sp³-hybridized carbons (Fsp3) is 0.783. The maximum Gasteiger partial charge on any atom is 0.305 e. The van der Waals surface area contributed by atoms with Crippen molar-refractivity contribution in [2.75, 3.05) is 20.0 Å². The second kappa shape index (κ2) is 14.9. The van der Waals surface area contributed by atoms with Gasteiger partial charge in [-0.3, -0.25) is 4.79 Å². The minimum Gasteiger partial charge on any atom is -0.500 e. The van der Waals surface area contributed by atoms with Crippen LogP contribution >= 0.6 is 11.8 Å². The van der Waals surface area contributed by atoms with Gasteiger partial charge < -0.3 is 19.7 Å². The van der Waals surface area contributed by atoms with Crippen molar-refractivity contribution in [2.24, 2.45) is 11.8 Å². The molecule has 0 bridgehead atoms. The standard InChI is InChI=1S/C23H40O5S/c1-5-6-10-17(2)15-18(24)12-13-19-20(25)16-21(27-3)23(19)29-14-9-7-8-11-22(26)28-4/h12-13,17-20,24-25H,5-11,14-16H2,1-4H3/b13-12+/t17-,18-,19+,20-/m1/s1. The predicted octanol–water partition coefficient (Wildman–Crippen LogP) is 4.83. The number of ether oxygens (including phenoxy) is 2. The quantitative estimate of drug-likeness (QED) is 0.221. The number of unbranched alkanes of at least 4 members (excludes halogenated alkanes) is 3. The van der Waals surface area contributed by atoms with Gasteiger partial charge in [-0.05, 0) is 30.9 Å². The van der Waals surface area contributed by atoms with E-state index >= 15 is 0 Å². The molecular formula is C23H40O5S. The van der Waals surface area contributed by atoms with Crippen molar-refractivity contribution in [1.82, 2.24) is 0 Å². The fourth-order valence-corrected chi connectivity index (χ4v) is 4.92. The summed E-state index contributed by atoms with van der Waals surface area (Å²) in [6, 6.07) is 0. The van der Waals surface area contributed by atoms with Gasteiger partial charge in [-0.15, -0.1) is 11.8 Å². The molecule has 0 heterocycles. The molecule has 6 heteroatoms. The normalized spacial score (nSPS) is 21.6. The Hall–Kier alpha value is -0.980. The van der Waals surface area contributed by atoms with Crippen molar-refractivity contribution in [1.29, 1.82) is 0 Å². The van der Waals surface area contributed by atoms with E-state index in [-0.39, 0.29) is 11.9 Å². The van der Waals surface area contributed by atoms with E-state index in [0.29, 0.717) is 18.8 Å². The summed E-state index contributed by atoms with van der Waals surface area (Å²) in [5, 5.41) is 20.8. The summed E-state index contributed by atoms with van der Waals surface area (Å²) in [5.41, 5.74) is 0. The molecule has 0 aromatic rings. The molecule has 5 nitrogen and oxygen atoms in total. The molecule has 0 unspecified atom stereocenters. The molecule has 0 fully saturated rings. The number of carbonyl (C=O) groups is 1. The zero-order valence-electron chi connectivity index (χ0n) is 18.6. The van der Waals surface area contributed by atoms with Gasteiger partial charge in [0, 0.05) is 23.7 Å². The number of aliphatic hydroxyl groups excluding tert-OH is 2. The third kappa shape index (κ3) is 10.1. The van der Waals surface area contributed by atoms with Crippen LogP contribution in [0.4, 0.5) is 0 Å². The Morgan fingerprint density at radius 3 is 2.69 bits per heavy atom. The number of hydrogen-bond donors (Lipinski definition) is 2.